The first-order valence-electron chi connectivity index (χ1n) is 4.24. The first-order valence-corrected chi connectivity index (χ1v) is 5.23. The zero-order valence-corrected chi connectivity index (χ0v) is 8.82. The maximum absolute atomic E-state index is 11.0. The van der Waals surface area contributed by atoms with E-state index in [9.17, 15) is 9.59 Å². The van der Waals surface area contributed by atoms with E-state index in [1.165, 1.54) is 18.7 Å². The summed E-state index contributed by atoms with van der Waals surface area (Å²) in [6.45, 7) is 3.99. The molecule has 0 radical (unpaired) electrons. The van der Waals surface area contributed by atoms with Crippen molar-refractivity contribution in [1.29, 1.82) is 0 Å². The van der Waals surface area contributed by atoms with Gasteiger partial charge in [0.25, 0.3) is 0 Å². The third-order valence-electron chi connectivity index (χ3n) is 1.21. The molecule has 0 saturated carbocycles. The van der Waals surface area contributed by atoms with Crippen molar-refractivity contribution in [2.45, 2.75) is 20.3 Å². The minimum Gasteiger partial charge on any atom is -0.356 e. The molecule has 13 heavy (non-hydrogen) atoms. The highest BCUT2D eigenvalue weighted by Gasteiger charge is 1.96. The van der Waals surface area contributed by atoms with Crippen LogP contribution in [0.3, 0.4) is 0 Å². The third kappa shape index (κ3) is 9.14. The van der Waals surface area contributed by atoms with Gasteiger partial charge in [-0.05, 0) is 12.5 Å². The smallest absolute Gasteiger partial charge is 0.216 e. The lowest BCUT2D eigenvalue weighted by Gasteiger charge is -1.98. The number of allylic oxidation sites excluding steroid dienone is 1. The molecule has 4 heteroatoms. The van der Waals surface area contributed by atoms with Crippen molar-refractivity contribution in [3.8, 4) is 0 Å². The second-order valence-electron chi connectivity index (χ2n) is 2.46. The zero-order valence-electron chi connectivity index (χ0n) is 8.00. The summed E-state index contributed by atoms with van der Waals surface area (Å²) >= 11 is 1.22. The molecule has 3 nitrogen and oxygen atoms in total. The van der Waals surface area contributed by atoms with Crippen LogP contribution in [0, 0.1) is 0 Å². The quantitative estimate of drug-likeness (QED) is 0.539. The van der Waals surface area contributed by atoms with Crippen molar-refractivity contribution < 1.29 is 9.59 Å². The van der Waals surface area contributed by atoms with Gasteiger partial charge in [-0.1, -0.05) is 24.8 Å². The Hall–Kier alpha value is -0.770. The van der Waals surface area contributed by atoms with Crippen LogP contribution >= 0.6 is 11.8 Å². The van der Waals surface area contributed by atoms with E-state index in [2.05, 4.69) is 5.32 Å². The molecule has 0 rings (SSSR count). The van der Waals surface area contributed by atoms with Gasteiger partial charge in [0, 0.05) is 19.2 Å². The van der Waals surface area contributed by atoms with Gasteiger partial charge in [0.2, 0.25) is 11.0 Å². The second kappa shape index (κ2) is 7.86. The molecule has 0 atom stereocenters. The number of nitrogens with one attached hydrogen (secondary N) is 1. The highest BCUT2D eigenvalue weighted by molar-refractivity contribution is 8.14. The first-order chi connectivity index (χ1) is 6.16. The van der Waals surface area contributed by atoms with Crippen molar-refractivity contribution in [2.75, 3.05) is 12.3 Å². The molecule has 0 aromatic heterocycles. The van der Waals surface area contributed by atoms with Crippen molar-refractivity contribution in [3.63, 3.8) is 0 Å². The number of amides is 1. The van der Waals surface area contributed by atoms with Gasteiger partial charge in [0.05, 0.1) is 0 Å². The minimum atomic E-state index is -0.0582. The molecular formula is C9H15NO2S. The highest BCUT2D eigenvalue weighted by Crippen LogP contribution is 2.01. The number of thioether (sulfide) groups is 1. The first kappa shape index (κ1) is 12.2. The third-order valence-corrected chi connectivity index (χ3v) is 2.04. The van der Waals surface area contributed by atoms with Crippen LogP contribution in [-0.2, 0) is 9.59 Å². The molecule has 74 valence electrons. The molecule has 0 aliphatic rings. The van der Waals surface area contributed by atoms with Gasteiger partial charge in [-0.3, -0.25) is 9.59 Å². The summed E-state index contributed by atoms with van der Waals surface area (Å²) in [5.41, 5.74) is 0. The summed E-state index contributed by atoms with van der Waals surface area (Å²) < 4.78 is 0. The van der Waals surface area contributed by atoms with Crippen molar-refractivity contribution >= 4 is 22.8 Å². The molecule has 0 saturated heterocycles. The molecule has 0 bridgehead atoms. The van der Waals surface area contributed by atoms with E-state index in [1.54, 1.807) is 6.08 Å². The molecule has 0 aromatic carbocycles. The van der Waals surface area contributed by atoms with Gasteiger partial charge in [-0.25, -0.2) is 0 Å². The number of carbonyl (C=O) groups excluding carboxylic acids is 2. The Labute approximate surface area is 83.0 Å². The molecule has 1 N–H and O–H groups in total. The largest absolute Gasteiger partial charge is 0.356 e. The van der Waals surface area contributed by atoms with Crippen molar-refractivity contribution in [2.24, 2.45) is 0 Å². The van der Waals surface area contributed by atoms with Crippen LogP contribution < -0.4 is 5.32 Å². The van der Waals surface area contributed by atoms with E-state index in [0.29, 0.717) is 12.3 Å². The lowest BCUT2D eigenvalue weighted by atomic mass is 10.4. The lowest BCUT2D eigenvalue weighted by molar-refractivity contribution is -0.118. The molecule has 0 aliphatic heterocycles. The average molecular weight is 201 g/mol. The van der Waals surface area contributed by atoms with Crippen LogP contribution in [0.2, 0.25) is 0 Å². The Bertz CT molecular complexity index is 202. The summed E-state index contributed by atoms with van der Waals surface area (Å²) in [6, 6.07) is 0. The summed E-state index contributed by atoms with van der Waals surface area (Å²) in [6.07, 6.45) is 4.27. The molecule has 0 spiro atoms. The summed E-state index contributed by atoms with van der Waals surface area (Å²) in [5.74, 6) is 0.573. The molecular weight excluding hydrogens is 186 g/mol. The summed E-state index contributed by atoms with van der Waals surface area (Å²) in [4.78, 5) is 21.5. The summed E-state index contributed by atoms with van der Waals surface area (Å²) in [5, 5.41) is 2.67. The SMILES string of the molecule is CC/C=C/C(=O)SCCNC(C)=O. The predicted molar refractivity (Wildman–Crippen MR) is 55.6 cm³/mol. The normalized spacial score (nSPS) is 10.3. The van der Waals surface area contributed by atoms with Crippen LogP contribution in [0.5, 0.6) is 0 Å². The van der Waals surface area contributed by atoms with Crippen LogP contribution in [0.15, 0.2) is 12.2 Å². The zero-order chi connectivity index (χ0) is 10.1. The number of rotatable bonds is 5. The van der Waals surface area contributed by atoms with Gasteiger partial charge in [-0.2, -0.15) is 0 Å². The fraction of sp³-hybridized carbons (Fsp3) is 0.556. The topological polar surface area (TPSA) is 46.2 Å². The Kier molecular flexibility index (Phi) is 7.39. The Balaban J connectivity index is 3.37. The number of carbonyl (C=O) groups is 2. The Morgan fingerprint density at radius 3 is 2.69 bits per heavy atom. The lowest BCUT2D eigenvalue weighted by Crippen LogP contribution is -2.22. The van der Waals surface area contributed by atoms with Crippen molar-refractivity contribution in [3.05, 3.63) is 12.2 Å². The standard InChI is InChI=1S/C9H15NO2S/c1-3-4-5-9(12)13-7-6-10-8(2)11/h4-5H,3,6-7H2,1-2H3,(H,10,11)/b5-4+. The fourth-order valence-corrected chi connectivity index (χ4v) is 1.24. The second-order valence-corrected chi connectivity index (χ2v) is 3.56. The maximum Gasteiger partial charge on any atom is 0.216 e. The Morgan fingerprint density at radius 2 is 2.15 bits per heavy atom. The van der Waals surface area contributed by atoms with Crippen LogP contribution in [0.4, 0.5) is 0 Å². The molecule has 0 aliphatic carbocycles. The van der Waals surface area contributed by atoms with Crippen LogP contribution in [0.1, 0.15) is 20.3 Å². The molecule has 0 unspecified atom stereocenters. The van der Waals surface area contributed by atoms with E-state index in [-0.39, 0.29) is 11.0 Å². The maximum atomic E-state index is 11.0. The van der Waals surface area contributed by atoms with E-state index >= 15 is 0 Å². The van der Waals surface area contributed by atoms with E-state index < -0.39 is 0 Å². The molecule has 0 fully saturated rings. The average Bonchev–Trinajstić information content (AvgIpc) is 2.08. The highest BCUT2D eigenvalue weighted by atomic mass is 32.2. The van der Waals surface area contributed by atoms with E-state index in [1.807, 2.05) is 13.0 Å². The van der Waals surface area contributed by atoms with E-state index in [0.717, 1.165) is 6.42 Å². The van der Waals surface area contributed by atoms with Crippen LogP contribution in [0.25, 0.3) is 0 Å². The number of hydrogen-bond acceptors (Lipinski definition) is 3. The number of hydrogen-bond donors (Lipinski definition) is 1. The predicted octanol–water partition coefficient (Wildman–Crippen LogP) is 1.35. The van der Waals surface area contributed by atoms with Gasteiger partial charge in [-0.15, -0.1) is 0 Å². The van der Waals surface area contributed by atoms with E-state index in [4.69, 9.17) is 0 Å². The van der Waals surface area contributed by atoms with Gasteiger partial charge >= 0.3 is 0 Å². The molecule has 1 amide bonds. The van der Waals surface area contributed by atoms with Gasteiger partial charge in [0.15, 0.2) is 0 Å². The van der Waals surface area contributed by atoms with Gasteiger partial charge < -0.3 is 5.32 Å². The molecule has 0 aromatic rings. The minimum absolute atomic E-state index is 0.0483. The van der Waals surface area contributed by atoms with Crippen LogP contribution in [-0.4, -0.2) is 23.3 Å². The summed E-state index contributed by atoms with van der Waals surface area (Å²) in [7, 11) is 0. The molecule has 0 heterocycles. The van der Waals surface area contributed by atoms with Crippen molar-refractivity contribution in [1.82, 2.24) is 5.32 Å². The Morgan fingerprint density at radius 1 is 1.46 bits per heavy atom. The van der Waals surface area contributed by atoms with Gasteiger partial charge in [0.1, 0.15) is 0 Å². The monoisotopic (exact) mass is 201 g/mol. The fourth-order valence-electron chi connectivity index (χ4n) is 0.641.